The lowest BCUT2D eigenvalue weighted by Crippen LogP contribution is -2.27. The van der Waals surface area contributed by atoms with Gasteiger partial charge in [0.2, 0.25) is 5.91 Å². The van der Waals surface area contributed by atoms with Crippen LogP contribution in [-0.4, -0.2) is 30.9 Å². The van der Waals surface area contributed by atoms with Gasteiger partial charge in [0.15, 0.2) is 0 Å². The van der Waals surface area contributed by atoms with Crippen LogP contribution >= 0.6 is 11.8 Å². The second-order valence-electron chi connectivity index (χ2n) is 8.48. The molecule has 1 fully saturated rings. The molecule has 0 bridgehead atoms. The molecule has 5 rings (SSSR count). The maximum absolute atomic E-state index is 13.1. The third-order valence-electron chi connectivity index (χ3n) is 5.85. The first-order valence-electron chi connectivity index (χ1n) is 11.5. The molecular formula is C27H22FN3O5S2. The molecule has 1 atom stereocenters. The highest BCUT2D eigenvalue weighted by Crippen LogP contribution is 2.39. The molecule has 0 saturated carbocycles. The molecule has 0 unspecified atom stereocenters. The number of nitrogens with zero attached hydrogens (tertiary/aromatic N) is 1. The van der Waals surface area contributed by atoms with Gasteiger partial charge in [-0.05, 0) is 78.4 Å². The minimum Gasteiger partial charge on any atom is -0.467 e. The Balaban J connectivity index is 1.22. The van der Waals surface area contributed by atoms with Crippen LogP contribution in [0.3, 0.4) is 0 Å². The van der Waals surface area contributed by atoms with Crippen molar-refractivity contribution in [2.45, 2.75) is 16.8 Å². The van der Waals surface area contributed by atoms with E-state index in [0.29, 0.717) is 29.3 Å². The molecule has 11 heteroatoms. The van der Waals surface area contributed by atoms with Crippen molar-refractivity contribution >= 4 is 45.0 Å². The van der Waals surface area contributed by atoms with Crippen molar-refractivity contribution in [2.75, 3.05) is 15.8 Å². The third-order valence-corrected chi connectivity index (χ3v) is 8.50. The molecule has 1 aliphatic heterocycles. The van der Waals surface area contributed by atoms with Crippen LogP contribution in [0.5, 0.6) is 0 Å². The quantitative estimate of drug-likeness (QED) is 0.310. The summed E-state index contributed by atoms with van der Waals surface area (Å²) in [6, 6.07) is 21.3. The number of nitrogens with one attached hydrogen (secondary N) is 2. The van der Waals surface area contributed by atoms with Gasteiger partial charge in [-0.25, -0.2) is 12.8 Å². The molecule has 1 aliphatic rings. The van der Waals surface area contributed by atoms with Crippen LogP contribution in [0.1, 0.15) is 27.1 Å². The number of hydrogen-bond donors (Lipinski definition) is 2. The average Bonchev–Trinajstić information content (AvgIpc) is 3.56. The number of halogens is 1. The minimum absolute atomic E-state index is 0.00751. The number of carbonyl (C=O) groups excluding carboxylic acids is 2. The maximum atomic E-state index is 13.1. The molecule has 2 amide bonds. The number of amides is 2. The van der Waals surface area contributed by atoms with Gasteiger partial charge in [-0.1, -0.05) is 12.1 Å². The number of furan rings is 1. The summed E-state index contributed by atoms with van der Waals surface area (Å²) in [7, 11) is -3.88. The van der Waals surface area contributed by atoms with Crippen LogP contribution in [0.4, 0.5) is 15.8 Å². The number of carbonyl (C=O) groups is 2. The molecule has 2 N–H and O–H groups in total. The van der Waals surface area contributed by atoms with E-state index in [9.17, 15) is 22.4 Å². The van der Waals surface area contributed by atoms with Crippen LogP contribution in [0, 0.1) is 5.82 Å². The van der Waals surface area contributed by atoms with Gasteiger partial charge in [-0.2, -0.15) is 0 Å². The first kappa shape index (κ1) is 25.6. The van der Waals surface area contributed by atoms with E-state index >= 15 is 0 Å². The van der Waals surface area contributed by atoms with E-state index in [1.165, 1.54) is 48.2 Å². The van der Waals surface area contributed by atoms with Crippen molar-refractivity contribution in [2.24, 2.45) is 0 Å². The summed E-state index contributed by atoms with van der Waals surface area (Å²) in [5.41, 5.74) is 1.96. The van der Waals surface area contributed by atoms with Gasteiger partial charge in [0.05, 0.1) is 23.5 Å². The van der Waals surface area contributed by atoms with E-state index in [1.54, 1.807) is 29.4 Å². The predicted molar refractivity (Wildman–Crippen MR) is 143 cm³/mol. The van der Waals surface area contributed by atoms with E-state index in [4.69, 9.17) is 4.42 Å². The maximum Gasteiger partial charge on any atom is 0.261 e. The number of rotatable bonds is 8. The van der Waals surface area contributed by atoms with Gasteiger partial charge in [0, 0.05) is 16.9 Å². The Morgan fingerprint density at radius 1 is 0.974 bits per heavy atom. The van der Waals surface area contributed by atoms with E-state index in [1.807, 2.05) is 18.2 Å². The zero-order chi connectivity index (χ0) is 26.7. The Morgan fingerprint density at radius 2 is 1.66 bits per heavy atom. The number of benzene rings is 3. The summed E-state index contributed by atoms with van der Waals surface area (Å²) in [5, 5.41) is 2.57. The van der Waals surface area contributed by atoms with Crippen LogP contribution in [0.15, 0.2) is 101 Å². The number of anilines is 2. The first-order chi connectivity index (χ1) is 18.3. The zero-order valence-electron chi connectivity index (χ0n) is 19.8. The fraction of sp³-hybridized carbons (Fsp3) is 0.111. The highest BCUT2D eigenvalue weighted by Gasteiger charge is 2.33. The standard InChI is InChI=1S/C27H22FN3O5S2/c28-20-7-9-22(10-8-20)30-38(34,35)24-13-11-21(12-14-24)29-26(33)18-3-5-19(6-4-18)27-31(25(32)17-37-27)16-23-2-1-15-36-23/h1-15,27,30H,16-17H2,(H,29,33)/t27-/m0/s1. The molecular weight excluding hydrogens is 529 g/mol. The summed E-state index contributed by atoms with van der Waals surface area (Å²) >= 11 is 1.52. The predicted octanol–water partition coefficient (Wildman–Crippen LogP) is 5.25. The summed E-state index contributed by atoms with van der Waals surface area (Å²) in [6.45, 7) is 0.372. The lowest BCUT2D eigenvalue weighted by Gasteiger charge is -2.23. The van der Waals surface area contributed by atoms with Crippen molar-refractivity contribution in [1.82, 2.24) is 4.90 Å². The summed E-state index contributed by atoms with van der Waals surface area (Å²) < 4.78 is 46.0. The molecule has 1 saturated heterocycles. The topological polar surface area (TPSA) is 109 Å². The number of sulfonamides is 1. The lowest BCUT2D eigenvalue weighted by molar-refractivity contribution is -0.128. The molecule has 0 radical (unpaired) electrons. The molecule has 0 aliphatic carbocycles. The van der Waals surface area contributed by atoms with Crippen LogP contribution in [-0.2, 0) is 21.4 Å². The van der Waals surface area contributed by atoms with E-state index in [2.05, 4.69) is 10.0 Å². The van der Waals surface area contributed by atoms with Gasteiger partial charge >= 0.3 is 0 Å². The molecule has 8 nitrogen and oxygen atoms in total. The van der Waals surface area contributed by atoms with E-state index in [-0.39, 0.29) is 27.8 Å². The van der Waals surface area contributed by atoms with Gasteiger partial charge in [0.1, 0.15) is 17.0 Å². The monoisotopic (exact) mass is 551 g/mol. The van der Waals surface area contributed by atoms with Gasteiger partial charge < -0.3 is 14.6 Å². The second kappa shape index (κ2) is 10.7. The van der Waals surface area contributed by atoms with Crippen molar-refractivity contribution in [3.63, 3.8) is 0 Å². The van der Waals surface area contributed by atoms with Crippen LogP contribution < -0.4 is 10.0 Å². The van der Waals surface area contributed by atoms with Crippen LogP contribution in [0.25, 0.3) is 0 Å². The molecule has 1 aromatic heterocycles. The van der Waals surface area contributed by atoms with Crippen molar-refractivity contribution in [3.8, 4) is 0 Å². The summed E-state index contributed by atoms with van der Waals surface area (Å²) in [6.07, 6.45) is 1.57. The van der Waals surface area contributed by atoms with E-state index in [0.717, 1.165) is 17.7 Å². The number of thioether (sulfide) groups is 1. The Kier molecular flexibility index (Phi) is 7.21. The molecule has 4 aromatic rings. The van der Waals surface area contributed by atoms with Crippen molar-refractivity contribution < 1.29 is 26.8 Å². The highest BCUT2D eigenvalue weighted by molar-refractivity contribution is 8.00. The summed E-state index contributed by atoms with van der Waals surface area (Å²) in [4.78, 5) is 26.9. The fourth-order valence-electron chi connectivity index (χ4n) is 3.92. The van der Waals surface area contributed by atoms with Gasteiger partial charge in [0.25, 0.3) is 15.9 Å². The van der Waals surface area contributed by atoms with Crippen LogP contribution in [0.2, 0.25) is 0 Å². The Morgan fingerprint density at radius 3 is 2.32 bits per heavy atom. The third kappa shape index (κ3) is 5.74. The van der Waals surface area contributed by atoms with E-state index < -0.39 is 15.8 Å². The minimum atomic E-state index is -3.88. The molecule has 38 heavy (non-hydrogen) atoms. The molecule has 0 spiro atoms. The summed E-state index contributed by atoms with van der Waals surface area (Å²) in [5.74, 6) is 0.267. The lowest BCUT2D eigenvalue weighted by atomic mass is 10.1. The van der Waals surface area contributed by atoms with Crippen molar-refractivity contribution in [1.29, 1.82) is 0 Å². The Bertz CT molecular complexity index is 1540. The van der Waals surface area contributed by atoms with Gasteiger partial charge in [-0.3, -0.25) is 14.3 Å². The highest BCUT2D eigenvalue weighted by atomic mass is 32.2. The first-order valence-corrected chi connectivity index (χ1v) is 14.0. The number of hydrogen-bond acceptors (Lipinski definition) is 6. The second-order valence-corrected chi connectivity index (χ2v) is 11.2. The smallest absolute Gasteiger partial charge is 0.261 e. The fourth-order valence-corrected chi connectivity index (χ4v) is 6.17. The molecule has 2 heterocycles. The average molecular weight is 552 g/mol. The largest absolute Gasteiger partial charge is 0.467 e. The zero-order valence-corrected chi connectivity index (χ0v) is 21.5. The van der Waals surface area contributed by atoms with Crippen molar-refractivity contribution in [3.05, 3.63) is 114 Å². The SMILES string of the molecule is O=C(Nc1ccc(S(=O)(=O)Nc2ccc(F)cc2)cc1)c1ccc([C@@H]2SCC(=O)N2Cc2ccco2)cc1. The Labute approximate surface area is 222 Å². The molecule has 3 aromatic carbocycles. The van der Waals surface area contributed by atoms with Gasteiger partial charge in [-0.15, -0.1) is 11.8 Å². The Hall–Kier alpha value is -4.09. The molecule has 194 valence electrons. The normalized spacial score (nSPS) is 15.4.